The summed E-state index contributed by atoms with van der Waals surface area (Å²) in [6.07, 6.45) is -4.57. The van der Waals surface area contributed by atoms with Crippen LogP contribution in [0.4, 0.5) is 13.2 Å². The molecule has 0 amide bonds. The van der Waals surface area contributed by atoms with Gasteiger partial charge in [-0.05, 0) is 76.1 Å². The maximum atomic E-state index is 14.0. The summed E-state index contributed by atoms with van der Waals surface area (Å²) in [5.41, 5.74) is 1.81. The number of rotatable bonds is 7. The molecular formula is C31H32F3N3O3. The van der Waals surface area contributed by atoms with Gasteiger partial charge in [0.25, 0.3) is 5.89 Å². The molecule has 4 rings (SSSR count). The summed E-state index contributed by atoms with van der Waals surface area (Å²) in [5.74, 6) is -0.0577. The van der Waals surface area contributed by atoms with Crippen LogP contribution in [-0.2, 0) is 15.7 Å². The van der Waals surface area contributed by atoms with Crippen LogP contribution in [0.2, 0.25) is 0 Å². The number of alkyl halides is 3. The number of ether oxygens (including phenoxy) is 1. The molecule has 1 aromatic heterocycles. The van der Waals surface area contributed by atoms with Crippen LogP contribution in [0.5, 0.6) is 0 Å². The van der Waals surface area contributed by atoms with Crippen molar-refractivity contribution in [1.29, 1.82) is 0 Å². The summed E-state index contributed by atoms with van der Waals surface area (Å²) in [7, 11) is 1.84. The van der Waals surface area contributed by atoms with Crippen LogP contribution >= 0.6 is 0 Å². The van der Waals surface area contributed by atoms with Gasteiger partial charge in [0.05, 0.1) is 12.1 Å². The second kappa shape index (κ2) is 11.3. The van der Waals surface area contributed by atoms with Crippen LogP contribution in [0.25, 0.3) is 34.0 Å². The number of hydrogen-bond acceptors (Lipinski definition) is 6. The maximum absolute atomic E-state index is 14.0. The summed E-state index contributed by atoms with van der Waals surface area (Å²) in [5, 5.41) is 3.99. The van der Waals surface area contributed by atoms with E-state index in [4.69, 9.17) is 9.26 Å². The lowest BCUT2D eigenvalue weighted by atomic mass is 9.94. The van der Waals surface area contributed by atoms with Crippen LogP contribution in [0.3, 0.4) is 0 Å². The van der Waals surface area contributed by atoms with Gasteiger partial charge in [-0.25, -0.2) is 0 Å². The molecule has 1 atom stereocenters. The van der Waals surface area contributed by atoms with Gasteiger partial charge in [0.1, 0.15) is 5.60 Å². The lowest BCUT2D eigenvalue weighted by molar-refractivity contribution is -0.156. The molecule has 0 saturated heterocycles. The van der Waals surface area contributed by atoms with Gasteiger partial charge in [-0.15, -0.1) is 0 Å². The number of aryl methyl sites for hydroxylation is 1. The largest absolute Gasteiger partial charge is 0.459 e. The first-order chi connectivity index (χ1) is 18.7. The fourth-order valence-electron chi connectivity index (χ4n) is 4.36. The topological polar surface area (TPSA) is 68.5 Å². The fourth-order valence-corrected chi connectivity index (χ4v) is 4.36. The Morgan fingerprint density at radius 1 is 0.975 bits per heavy atom. The maximum Gasteiger partial charge on any atom is 0.417 e. The molecule has 0 bridgehead atoms. The zero-order chi connectivity index (χ0) is 29.2. The van der Waals surface area contributed by atoms with Crippen LogP contribution in [0.1, 0.15) is 50.4 Å². The van der Waals surface area contributed by atoms with Gasteiger partial charge in [0.15, 0.2) is 0 Å². The van der Waals surface area contributed by atoms with E-state index in [1.54, 1.807) is 37.3 Å². The normalized spacial score (nSPS) is 12.9. The molecule has 210 valence electrons. The van der Waals surface area contributed by atoms with Crippen molar-refractivity contribution in [2.24, 2.45) is 0 Å². The van der Waals surface area contributed by atoms with Gasteiger partial charge in [-0.3, -0.25) is 9.69 Å². The standard InChI is InChI=1S/C31H32F3N3O3/c1-19-9-7-8-10-24(19)25-16-15-23(17-26(25)31(32,33)34)29-35-28(36-40-29)22-13-11-21(12-14-22)20(2)37(6)18-27(38)39-30(3,4)5/h7-17,20H,18H2,1-6H3/t20-/m1/s1. The van der Waals surface area contributed by atoms with Gasteiger partial charge in [0.2, 0.25) is 5.82 Å². The van der Waals surface area contributed by atoms with E-state index in [-0.39, 0.29) is 41.4 Å². The lowest BCUT2D eigenvalue weighted by Crippen LogP contribution is -2.34. The van der Waals surface area contributed by atoms with E-state index in [0.717, 1.165) is 17.2 Å². The highest BCUT2D eigenvalue weighted by molar-refractivity contribution is 5.75. The molecule has 0 unspecified atom stereocenters. The minimum Gasteiger partial charge on any atom is -0.459 e. The molecule has 3 aromatic carbocycles. The van der Waals surface area contributed by atoms with Crippen LogP contribution in [0.15, 0.2) is 71.3 Å². The van der Waals surface area contributed by atoms with Gasteiger partial charge in [-0.1, -0.05) is 59.8 Å². The molecule has 0 spiro atoms. The van der Waals surface area contributed by atoms with Crippen molar-refractivity contribution in [1.82, 2.24) is 15.0 Å². The van der Waals surface area contributed by atoms with Gasteiger partial charge >= 0.3 is 12.1 Å². The monoisotopic (exact) mass is 551 g/mol. The summed E-state index contributed by atoms with van der Waals surface area (Å²) >= 11 is 0. The molecule has 0 fully saturated rings. The molecule has 1 heterocycles. The van der Waals surface area contributed by atoms with Crippen molar-refractivity contribution < 1.29 is 27.2 Å². The second-order valence-electron chi connectivity index (χ2n) is 10.8. The Hall–Kier alpha value is -3.98. The van der Waals surface area contributed by atoms with Crippen molar-refractivity contribution in [3.8, 4) is 34.0 Å². The molecule has 0 radical (unpaired) electrons. The first-order valence-electron chi connectivity index (χ1n) is 12.9. The summed E-state index contributed by atoms with van der Waals surface area (Å²) in [4.78, 5) is 18.4. The quantitative estimate of drug-likeness (QED) is 0.219. The molecule has 6 nitrogen and oxygen atoms in total. The van der Waals surface area contributed by atoms with Crippen LogP contribution < -0.4 is 0 Å². The average molecular weight is 552 g/mol. The van der Waals surface area contributed by atoms with Gasteiger partial charge in [0, 0.05) is 17.2 Å². The van der Waals surface area contributed by atoms with Crippen molar-refractivity contribution in [3.63, 3.8) is 0 Å². The van der Waals surface area contributed by atoms with Crippen LogP contribution in [-0.4, -0.2) is 40.2 Å². The third-order valence-electron chi connectivity index (χ3n) is 6.54. The number of nitrogens with zero attached hydrogens (tertiary/aromatic N) is 3. The minimum atomic E-state index is -4.57. The second-order valence-corrected chi connectivity index (χ2v) is 10.8. The number of hydrogen-bond donors (Lipinski definition) is 0. The zero-order valence-electron chi connectivity index (χ0n) is 23.3. The van der Waals surface area contributed by atoms with Crippen molar-refractivity contribution in [3.05, 3.63) is 83.4 Å². The highest BCUT2D eigenvalue weighted by Gasteiger charge is 2.35. The third-order valence-corrected chi connectivity index (χ3v) is 6.54. The first kappa shape index (κ1) is 29.0. The van der Waals surface area contributed by atoms with Crippen molar-refractivity contribution in [2.75, 3.05) is 13.6 Å². The zero-order valence-corrected chi connectivity index (χ0v) is 23.3. The van der Waals surface area contributed by atoms with E-state index < -0.39 is 17.3 Å². The summed E-state index contributed by atoms with van der Waals surface area (Å²) in [6, 6.07) is 18.3. The van der Waals surface area contributed by atoms with Gasteiger partial charge < -0.3 is 9.26 Å². The van der Waals surface area contributed by atoms with Crippen LogP contribution in [0, 0.1) is 6.92 Å². The first-order valence-corrected chi connectivity index (χ1v) is 12.9. The highest BCUT2D eigenvalue weighted by atomic mass is 19.4. The summed E-state index contributed by atoms with van der Waals surface area (Å²) < 4.78 is 52.9. The molecular weight excluding hydrogens is 519 g/mol. The molecule has 0 aliphatic carbocycles. The van der Waals surface area contributed by atoms with E-state index in [2.05, 4.69) is 10.1 Å². The molecule has 0 aliphatic rings. The van der Waals surface area contributed by atoms with E-state index in [1.165, 1.54) is 6.07 Å². The van der Waals surface area contributed by atoms with Crippen molar-refractivity contribution >= 4 is 5.97 Å². The predicted octanol–water partition coefficient (Wildman–Crippen LogP) is 7.73. The number of esters is 1. The van der Waals surface area contributed by atoms with E-state index in [0.29, 0.717) is 11.1 Å². The summed E-state index contributed by atoms with van der Waals surface area (Å²) in [6.45, 7) is 9.37. The molecule has 9 heteroatoms. The number of carbonyl (C=O) groups excluding carboxylic acids is 1. The number of aromatic nitrogens is 2. The Kier molecular flexibility index (Phi) is 8.16. The Labute approximate surface area is 231 Å². The Morgan fingerprint density at radius 2 is 1.62 bits per heavy atom. The predicted molar refractivity (Wildman–Crippen MR) is 147 cm³/mol. The molecule has 0 N–H and O–H groups in total. The van der Waals surface area contributed by atoms with E-state index >= 15 is 0 Å². The SMILES string of the molecule is Cc1ccccc1-c1ccc(-c2nc(-c3ccc([C@@H](C)N(C)CC(=O)OC(C)(C)C)cc3)no2)cc1C(F)(F)F. The van der Waals surface area contributed by atoms with E-state index in [9.17, 15) is 18.0 Å². The van der Waals surface area contributed by atoms with Gasteiger partial charge in [-0.2, -0.15) is 18.2 Å². The minimum absolute atomic E-state index is 0.00799. The number of benzene rings is 3. The molecule has 40 heavy (non-hydrogen) atoms. The number of likely N-dealkylation sites (N-methyl/N-ethyl adjacent to an activating group) is 1. The van der Waals surface area contributed by atoms with Crippen molar-refractivity contribution in [2.45, 2.75) is 52.4 Å². The molecule has 0 saturated carbocycles. The number of halogens is 3. The fraction of sp³-hybridized carbons (Fsp3) is 0.323. The average Bonchev–Trinajstić information content (AvgIpc) is 3.37. The Morgan fingerprint density at radius 3 is 2.25 bits per heavy atom. The lowest BCUT2D eigenvalue weighted by Gasteiger charge is -2.26. The third kappa shape index (κ3) is 6.77. The highest BCUT2D eigenvalue weighted by Crippen LogP contribution is 2.40. The molecule has 4 aromatic rings. The Bertz CT molecular complexity index is 1490. The smallest absolute Gasteiger partial charge is 0.417 e. The molecule has 0 aliphatic heterocycles. The Balaban J connectivity index is 1.54. The number of carbonyl (C=O) groups is 1. The van der Waals surface area contributed by atoms with E-state index in [1.807, 2.05) is 63.9 Å².